The van der Waals surface area contributed by atoms with E-state index in [-0.39, 0.29) is 11.8 Å². The number of carbonyl (C=O) groups excluding carboxylic acids is 2. The first-order valence-electron chi connectivity index (χ1n) is 9.19. The van der Waals surface area contributed by atoms with Gasteiger partial charge < -0.3 is 10.2 Å². The van der Waals surface area contributed by atoms with Crippen LogP contribution in [0, 0.1) is 0 Å². The Hall–Kier alpha value is -2.62. The number of carbonyl (C=O) groups is 2. The van der Waals surface area contributed by atoms with Crippen LogP contribution >= 0.6 is 0 Å². The standard InChI is InChI=1S/C22H28N2O2/c1-5-6-15-24(4)22(26)18-13-11-17(12-14-18)21(25)23-20-10-8-7-9-19(20)16(2)3/h7-14,16H,5-6,15H2,1-4H3,(H,23,25). The fraction of sp³-hybridized carbons (Fsp3) is 0.364. The van der Waals surface area contributed by atoms with Crippen molar-refractivity contribution in [3.8, 4) is 0 Å². The molecule has 4 nitrogen and oxygen atoms in total. The molecule has 0 saturated heterocycles. The number of hydrogen-bond donors (Lipinski definition) is 1. The Labute approximate surface area is 156 Å². The van der Waals surface area contributed by atoms with E-state index in [9.17, 15) is 9.59 Å². The molecule has 2 aromatic carbocycles. The molecule has 0 heterocycles. The smallest absolute Gasteiger partial charge is 0.255 e. The summed E-state index contributed by atoms with van der Waals surface area (Å²) in [5.41, 5.74) is 3.07. The molecule has 0 aliphatic rings. The molecule has 0 spiro atoms. The van der Waals surface area contributed by atoms with Gasteiger partial charge in [0.2, 0.25) is 0 Å². The van der Waals surface area contributed by atoms with Crippen LogP contribution in [-0.2, 0) is 0 Å². The summed E-state index contributed by atoms with van der Waals surface area (Å²) in [4.78, 5) is 26.6. The SMILES string of the molecule is CCCCN(C)C(=O)c1ccc(C(=O)Nc2ccccc2C(C)C)cc1. The summed E-state index contributed by atoms with van der Waals surface area (Å²) in [7, 11) is 1.81. The van der Waals surface area contributed by atoms with Gasteiger partial charge in [0, 0.05) is 30.4 Å². The van der Waals surface area contributed by atoms with E-state index in [2.05, 4.69) is 26.1 Å². The van der Waals surface area contributed by atoms with Gasteiger partial charge in [-0.25, -0.2) is 0 Å². The topological polar surface area (TPSA) is 49.4 Å². The Kier molecular flexibility index (Phi) is 6.96. The molecule has 0 unspecified atom stereocenters. The van der Waals surface area contributed by atoms with E-state index < -0.39 is 0 Å². The van der Waals surface area contributed by atoms with Crippen molar-refractivity contribution in [1.82, 2.24) is 4.90 Å². The first-order chi connectivity index (χ1) is 12.4. The van der Waals surface area contributed by atoms with E-state index in [0.29, 0.717) is 17.0 Å². The van der Waals surface area contributed by atoms with Gasteiger partial charge in [0.1, 0.15) is 0 Å². The zero-order valence-corrected chi connectivity index (χ0v) is 16.1. The predicted octanol–water partition coefficient (Wildman–Crippen LogP) is 4.93. The third-order valence-electron chi connectivity index (χ3n) is 4.42. The number of hydrogen-bond acceptors (Lipinski definition) is 2. The Balaban J connectivity index is 2.09. The lowest BCUT2D eigenvalue weighted by Gasteiger charge is -2.17. The predicted molar refractivity (Wildman–Crippen MR) is 107 cm³/mol. The molecule has 2 rings (SSSR count). The fourth-order valence-electron chi connectivity index (χ4n) is 2.79. The van der Waals surface area contributed by atoms with Crippen molar-refractivity contribution in [2.75, 3.05) is 18.9 Å². The summed E-state index contributed by atoms with van der Waals surface area (Å²) < 4.78 is 0. The molecule has 138 valence electrons. The van der Waals surface area contributed by atoms with Crippen molar-refractivity contribution in [2.45, 2.75) is 39.5 Å². The van der Waals surface area contributed by atoms with E-state index in [1.165, 1.54) is 0 Å². The Bertz CT molecular complexity index is 751. The van der Waals surface area contributed by atoms with Crippen molar-refractivity contribution in [3.05, 3.63) is 65.2 Å². The van der Waals surface area contributed by atoms with Gasteiger partial charge in [0.25, 0.3) is 11.8 Å². The third-order valence-corrected chi connectivity index (χ3v) is 4.42. The van der Waals surface area contributed by atoms with Gasteiger partial charge in [-0.3, -0.25) is 9.59 Å². The van der Waals surface area contributed by atoms with Crippen LogP contribution in [0.3, 0.4) is 0 Å². The second-order valence-corrected chi connectivity index (χ2v) is 6.85. The van der Waals surface area contributed by atoms with Crippen LogP contribution in [0.15, 0.2) is 48.5 Å². The molecule has 0 radical (unpaired) electrons. The minimum Gasteiger partial charge on any atom is -0.342 e. The van der Waals surface area contributed by atoms with Gasteiger partial charge in [0.05, 0.1) is 0 Å². The van der Waals surface area contributed by atoms with Gasteiger partial charge in [-0.1, -0.05) is 45.4 Å². The van der Waals surface area contributed by atoms with E-state index in [1.807, 2.05) is 31.3 Å². The highest BCUT2D eigenvalue weighted by Gasteiger charge is 2.14. The molecule has 0 atom stereocenters. The first kappa shape index (κ1) is 19.7. The zero-order valence-electron chi connectivity index (χ0n) is 16.1. The number of anilines is 1. The largest absolute Gasteiger partial charge is 0.342 e. The van der Waals surface area contributed by atoms with Crippen molar-refractivity contribution < 1.29 is 9.59 Å². The highest BCUT2D eigenvalue weighted by Crippen LogP contribution is 2.24. The summed E-state index contributed by atoms with van der Waals surface area (Å²) in [5, 5.41) is 2.97. The summed E-state index contributed by atoms with van der Waals surface area (Å²) in [5.74, 6) is 0.136. The average molecular weight is 352 g/mol. The van der Waals surface area contributed by atoms with Crippen LogP contribution < -0.4 is 5.32 Å². The molecule has 2 aromatic rings. The molecular weight excluding hydrogens is 324 g/mol. The number of nitrogens with zero attached hydrogens (tertiary/aromatic N) is 1. The first-order valence-corrected chi connectivity index (χ1v) is 9.19. The number of para-hydroxylation sites is 1. The number of amides is 2. The van der Waals surface area contributed by atoms with Crippen molar-refractivity contribution in [1.29, 1.82) is 0 Å². The maximum absolute atomic E-state index is 12.5. The molecule has 26 heavy (non-hydrogen) atoms. The van der Waals surface area contributed by atoms with Crippen LogP contribution in [0.25, 0.3) is 0 Å². The van der Waals surface area contributed by atoms with E-state index in [0.717, 1.165) is 30.6 Å². The maximum atomic E-state index is 12.5. The molecule has 0 aliphatic carbocycles. The Morgan fingerprint density at radius 3 is 2.23 bits per heavy atom. The monoisotopic (exact) mass is 352 g/mol. The molecule has 0 aliphatic heterocycles. The minimum atomic E-state index is -0.170. The summed E-state index contributed by atoms with van der Waals surface area (Å²) in [6, 6.07) is 14.7. The van der Waals surface area contributed by atoms with Crippen LogP contribution in [0.1, 0.15) is 65.8 Å². The van der Waals surface area contributed by atoms with Crippen LogP contribution in [0.4, 0.5) is 5.69 Å². The fourth-order valence-corrected chi connectivity index (χ4v) is 2.79. The molecule has 0 saturated carbocycles. The second kappa shape index (κ2) is 9.18. The number of benzene rings is 2. The van der Waals surface area contributed by atoms with Crippen molar-refractivity contribution in [3.63, 3.8) is 0 Å². The molecule has 0 fully saturated rings. The van der Waals surface area contributed by atoms with Gasteiger partial charge in [-0.05, 0) is 48.2 Å². The zero-order chi connectivity index (χ0) is 19.1. The van der Waals surface area contributed by atoms with E-state index in [4.69, 9.17) is 0 Å². The van der Waals surface area contributed by atoms with Crippen molar-refractivity contribution in [2.24, 2.45) is 0 Å². The van der Waals surface area contributed by atoms with Gasteiger partial charge in [-0.2, -0.15) is 0 Å². The third kappa shape index (κ3) is 4.94. The average Bonchev–Trinajstić information content (AvgIpc) is 2.65. The quantitative estimate of drug-likeness (QED) is 0.768. The Morgan fingerprint density at radius 1 is 1.00 bits per heavy atom. The molecule has 0 aromatic heterocycles. The van der Waals surface area contributed by atoms with E-state index >= 15 is 0 Å². The Morgan fingerprint density at radius 2 is 1.62 bits per heavy atom. The number of rotatable bonds is 7. The number of unbranched alkanes of at least 4 members (excludes halogenated alkanes) is 1. The lowest BCUT2D eigenvalue weighted by molar-refractivity contribution is 0.0792. The van der Waals surface area contributed by atoms with Crippen molar-refractivity contribution >= 4 is 17.5 Å². The van der Waals surface area contributed by atoms with Crippen LogP contribution in [-0.4, -0.2) is 30.3 Å². The maximum Gasteiger partial charge on any atom is 0.255 e. The molecule has 0 bridgehead atoms. The summed E-state index contributed by atoms with van der Waals surface area (Å²) >= 11 is 0. The van der Waals surface area contributed by atoms with E-state index in [1.54, 1.807) is 29.2 Å². The highest BCUT2D eigenvalue weighted by atomic mass is 16.2. The molecule has 4 heteroatoms. The highest BCUT2D eigenvalue weighted by molar-refractivity contribution is 6.05. The normalized spacial score (nSPS) is 10.7. The summed E-state index contributed by atoms with van der Waals surface area (Å²) in [6.07, 6.45) is 2.03. The van der Waals surface area contributed by atoms with Gasteiger partial charge in [0.15, 0.2) is 0 Å². The molecule has 2 amide bonds. The molecule has 1 N–H and O–H groups in total. The van der Waals surface area contributed by atoms with Crippen LogP contribution in [0.5, 0.6) is 0 Å². The van der Waals surface area contributed by atoms with Gasteiger partial charge >= 0.3 is 0 Å². The minimum absolute atomic E-state index is 0.0180. The van der Waals surface area contributed by atoms with Crippen LogP contribution in [0.2, 0.25) is 0 Å². The summed E-state index contributed by atoms with van der Waals surface area (Å²) in [6.45, 7) is 7.04. The molecular formula is C22H28N2O2. The van der Waals surface area contributed by atoms with Gasteiger partial charge in [-0.15, -0.1) is 0 Å². The lowest BCUT2D eigenvalue weighted by atomic mass is 10.0. The second-order valence-electron chi connectivity index (χ2n) is 6.85. The number of nitrogens with one attached hydrogen (secondary N) is 1. The lowest BCUT2D eigenvalue weighted by Crippen LogP contribution is -2.27.